The number of hydrogen-bond donors (Lipinski definition) is 0. The van der Waals surface area contributed by atoms with Gasteiger partial charge in [-0.05, 0) is 37.0 Å². The van der Waals surface area contributed by atoms with Gasteiger partial charge in [-0.2, -0.15) is 0 Å². The van der Waals surface area contributed by atoms with Crippen molar-refractivity contribution in [1.29, 1.82) is 0 Å². The van der Waals surface area contributed by atoms with Gasteiger partial charge in [0.1, 0.15) is 0 Å². The van der Waals surface area contributed by atoms with Crippen molar-refractivity contribution < 1.29 is 4.74 Å². The minimum atomic E-state index is 0.269. The van der Waals surface area contributed by atoms with Crippen molar-refractivity contribution >= 4 is 23.2 Å². The first-order valence-corrected chi connectivity index (χ1v) is 8.96. The molecule has 1 aromatic heterocycles. The number of ether oxygens (including phenoxy) is 1. The van der Waals surface area contributed by atoms with Crippen molar-refractivity contribution in [3.8, 4) is 0 Å². The molecule has 0 amide bonds. The number of hydrogen-bond acceptors (Lipinski definition) is 2. The molecule has 0 aliphatic heterocycles. The number of aryl methyl sites for hydroxylation is 1. The molecule has 0 radical (unpaired) electrons. The maximum absolute atomic E-state index is 6.21. The number of aromatic nitrogens is 2. The van der Waals surface area contributed by atoms with Crippen LogP contribution in [0.25, 0.3) is 0 Å². The van der Waals surface area contributed by atoms with E-state index in [0.29, 0.717) is 16.7 Å². The lowest BCUT2D eigenvalue weighted by molar-refractivity contribution is 0.0262. The molecule has 3 nitrogen and oxygen atoms in total. The fraction of sp³-hybridized carbons (Fsp3) is 0.500. The maximum Gasteiger partial charge on any atom is 0.0945 e. The molecule has 1 heterocycles. The van der Waals surface area contributed by atoms with Crippen LogP contribution in [0.5, 0.6) is 0 Å². The molecule has 0 N–H and O–H groups in total. The number of unbranched alkanes of at least 4 members (excludes halogenated alkanes) is 1. The molecule has 0 aliphatic carbocycles. The summed E-state index contributed by atoms with van der Waals surface area (Å²) in [5.41, 5.74) is 0.993. The van der Waals surface area contributed by atoms with Gasteiger partial charge in [0, 0.05) is 29.0 Å². The minimum Gasteiger partial charge on any atom is -0.373 e. The normalized spacial score (nSPS) is 12.5. The summed E-state index contributed by atoms with van der Waals surface area (Å²) in [5.74, 6) is 0. The summed E-state index contributed by atoms with van der Waals surface area (Å²) >= 11 is 12.1. The van der Waals surface area contributed by atoms with Crippen molar-refractivity contribution in [2.45, 2.75) is 58.3 Å². The van der Waals surface area contributed by atoms with Crippen molar-refractivity contribution in [2.24, 2.45) is 0 Å². The molecular weight excluding hydrogens is 331 g/mol. The zero-order valence-electron chi connectivity index (χ0n) is 13.5. The highest BCUT2D eigenvalue weighted by Crippen LogP contribution is 2.23. The third kappa shape index (κ3) is 6.54. The van der Waals surface area contributed by atoms with E-state index >= 15 is 0 Å². The Hall–Kier alpha value is -1.03. The summed E-state index contributed by atoms with van der Waals surface area (Å²) in [6.07, 6.45) is 11.5. The first kappa shape index (κ1) is 18.3. The third-order valence-electron chi connectivity index (χ3n) is 3.87. The molecule has 0 fully saturated rings. The Morgan fingerprint density at radius 3 is 2.74 bits per heavy atom. The van der Waals surface area contributed by atoms with E-state index in [0.717, 1.165) is 31.4 Å². The van der Waals surface area contributed by atoms with Gasteiger partial charge < -0.3 is 9.30 Å². The summed E-state index contributed by atoms with van der Waals surface area (Å²) < 4.78 is 8.22. The number of halogens is 2. The first-order chi connectivity index (χ1) is 11.2. The van der Waals surface area contributed by atoms with Crippen LogP contribution in [-0.4, -0.2) is 15.7 Å². The summed E-state index contributed by atoms with van der Waals surface area (Å²) in [5, 5.41) is 1.33. The molecule has 126 valence electrons. The van der Waals surface area contributed by atoms with E-state index in [4.69, 9.17) is 27.9 Å². The molecule has 0 saturated heterocycles. The second-order valence-corrected chi connectivity index (χ2v) is 6.60. The second-order valence-electron chi connectivity index (χ2n) is 5.75. The highest BCUT2D eigenvalue weighted by molar-refractivity contribution is 6.35. The number of benzene rings is 1. The van der Waals surface area contributed by atoms with Gasteiger partial charge in [0.05, 0.1) is 19.0 Å². The monoisotopic (exact) mass is 354 g/mol. The van der Waals surface area contributed by atoms with E-state index in [-0.39, 0.29) is 6.10 Å². The Balaban J connectivity index is 1.82. The Morgan fingerprint density at radius 2 is 2.04 bits per heavy atom. The van der Waals surface area contributed by atoms with Crippen LogP contribution in [0.15, 0.2) is 36.9 Å². The van der Waals surface area contributed by atoms with E-state index in [2.05, 4.69) is 16.5 Å². The number of imidazole rings is 1. The van der Waals surface area contributed by atoms with E-state index in [9.17, 15) is 0 Å². The molecule has 0 spiro atoms. The van der Waals surface area contributed by atoms with Crippen molar-refractivity contribution in [2.75, 3.05) is 0 Å². The molecule has 1 aromatic carbocycles. The molecule has 0 aliphatic rings. The molecule has 2 rings (SSSR count). The third-order valence-corrected chi connectivity index (χ3v) is 4.46. The van der Waals surface area contributed by atoms with Crippen LogP contribution in [0.1, 0.15) is 44.6 Å². The molecule has 2 aromatic rings. The Labute approximate surface area is 148 Å². The van der Waals surface area contributed by atoms with Gasteiger partial charge in [-0.1, -0.05) is 49.0 Å². The van der Waals surface area contributed by atoms with Gasteiger partial charge in [0.2, 0.25) is 0 Å². The predicted molar refractivity (Wildman–Crippen MR) is 96.0 cm³/mol. The quantitative estimate of drug-likeness (QED) is 0.543. The fourth-order valence-corrected chi connectivity index (χ4v) is 2.97. The molecule has 1 atom stereocenters. The van der Waals surface area contributed by atoms with Crippen molar-refractivity contribution in [3.63, 3.8) is 0 Å². The first-order valence-electron chi connectivity index (χ1n) is 8.20. The van der Waals surface area contributed by atoms with Crippen molar-refractivity contribution in [3.05, 3.63) is 52.5 Å². The van der Waals surface area contributed by atoms with Crippen molar-refractivity contribution in [1.82, 2.24) is 9.55 Å². The highest BCUT2D eigenvalue weighted by Gasteiger charge is 2.10. The van der Waals surface area contributed by atoms with Gasteiger partial charge in [-0.15, -0.1) is 0 Å². The molecule has 0 bridgehead atoms. The lowest BCUT2D eigenvalue weighted by Gasteiger charge is -2.18. The van der Waals surface area contributed by atoms with E-state index < -0.39 is 0 Å². The molecule has 5 heteroatoms. The van der Waals surface area contributed by atoms with Crippen LogP contribution in [0, 0.1) is 0 Å². The highest BCUT2D eigenvalue weighted by atomic mass is 35.5. The number of nitrogens with zero attached hydrogens (tertiary/aromatic N) is 2. The predicted octanol–water partition coefficient (Wildman–Crippen LogP) is 5.75. The summed E-state index contributed by atoms with van der Waals surface area (Å²) in [6.45, 7) is 3.72. The SMILES string of the molecule is CCCCC(CCCn1ccnc1)OCc1ccc(Cl)cc1Cl. The number of rotatable bonds is 10. The Morgan fingerprint density at radius 1 is 1.22 bits per heavy atom. The van der Waals surface area contributed by atoms with Gasteiger partial charge in [0.25, 0.3) is 0 Å². The molecule has 23 heavy (non-hydrogen) atoms. The lowest BCUT2D eigenvalue weighted by atomic mass is 10.1. The van der Waals surface area contributed by atoms with E-state index in [1.54, 1.807) is 6.07 Å². The molecule has 1 unspecified atom stereocenters. The van der Waals surface area contributed by atoms with E-state index in [1.165, 1.54) is 12.8 Å². The Kier molecular flexibility index (Phi) is 7.93. The summed E-state index contributed by atoms with van der Waals surface area (Å²) in [4.78, 5) is 4.07. The molecular formula is C18H24Cl2N2O. The van der Waals surface area contributed by atoms with Crippen LogP contribution in [0.3, 0.4) is 0 Å². The van der Waals surface area contributed by atoms with Crippen LogP contribution >= 0.6 is 23.2 Å². The average Bonchev–Trinajstić information content (AvgIpc) is 3.04. The largest absolute Gasteiger partial charge is 0.373 e. The Bertz CT molecular complexity index is 572. The smallest absolute Gasteiger partial charge is 0.0945 e. The van der Waals surface area contributed by atoms with Crippen LogP contribution in [0.4, 0.5) is 0 Å². The van der Waals surface area contributed by atoms with Gasteiger partial charge in [-0.25, -0.2) is 4.98 Å². The zero-order chi connectivity index (χ0) is 16.5. The second kappa shape index (κ2) is 9.96. The van der Waals surface area contributed by atoms with Crippen LogP contribution in [-0.2, 0) is 17.9 Å². The van der Waals surface area contributed by atoms with Gasteiger partial charge >= 0.3 is 0 Å². The average molecular weight is 355 g/mol. The lowest BCUT2D eigenvalue weighted by Crippen LogP contribution is -2.14. The van der Waals surface area contributed by atoms with E-state index in [1.807, 2.05) is 30.9 Å². The van der Waals surface area contributed by atoms with Gasteiger partial charge in [-0.3, -0.25) is 0 Å². The maximum atomic E-state index is 6.21. The minimum absolute atomic E-state index is 0.269. The van der Waals surface area contributed by atoms with Crippen LogP contribution in [0.2, 0.25) is 10.0 Å². The van der Waals surface area contributed by atoms with Gasteiger partial charge in [0.15, 0.2) is 0 Å². The zero-order valence-corrected chi connectivity index (χ0v) is 15.1. The molecule has 0 saturated carbocycles. The summed E-state index contributed by atoms with van der Waals surface area (Å²) in [7, 11) is 0. The topological polar surface area (TPSA) is 27.1 Å². The summed E-state index contributed by atoms with van der Waals surface area (Å²) in [6, 6.07) is 5.56. The fourth-order valence-electron chi connectivity index (χ4n) is 2.51. The standard InChI is InChI=1S/C18H24Cl2N2O/c1-2-3-5-17(6-4-10-22-11-9-21-14-22)23-13-15-7-8-16(19)12-18(15)20/h7-9,11-12,14,17H,2-6,10,13H2,1H3. The van der Waals surface area contributed by atoms with Crippen LogP contribution < -0.4 is 0 Å².